The molecule has 0 saturated heterocycles. The number of hydrogen-bond acceptors (Lipinski definition) is 4. The second-order valence-electron chi connectivity index (χ2n) is 7.44. The molecule has 6 heteroatoms. The molecule has 0 aliphatic heterocycles. The highest BCUT2D eigenvalue weighted by molar-refractivity contribution is 5.85. The van der Waals surface area contributed by atoms with Gasteiger partial charge >= 0.3 is 0 Å². The van der Waals surface area contributed by atoms with Gasteiger partial charge in [0.15, 0.2) is 5.43 Å². The maximum Gasteiger partial charge on any atom is 0.237 e. The lowest BCUT2D eigenvalue weighted by atomic mass is 9.95. The van der Waals surface area contributed by atoms with Crippen LogP contribution in [-0.4, -0.2) is 23.1 Å². The van der Waals surface area contributed by atoms with Gasteiger partial charge in [0.2, 0.25) is 5.91 Å². The fraction of sp³-hybridized carbons (Fsp3) is 0.500. The van der Waals surface area contributed by atoms with Gasteiger partial charge in [-0.2, -0.15) is 0 Å². The highest BCUT2D eigenvalue weighted by atomic mass is 35.5. The van der Waals surface area contributed by atoms with Crippen molar-refractivity contribution in [3.63, 3.8) is 0 Å². The van der Waals surface area contributed by atoms with Crippen LogP contribution < -0.4 is 16.5 Å². The summed E-state index contributed by atoms with van der Waals surface area (Å²) < 4.78 is 0. The van der Waals surface area contributed by atoms with E-state index in [0.717, 1.165) is 5.56 Å². The molecule has 1 amide bonds. The van der Waals surface area contributed by atoms with Crippen molar-refractivity contribution in [2.45, 2.75) is 52.3 Å². The number of carbonyl (C=O) groups is 1. The Bertz CT molecular complexity index is 721. The molecule has 3 atom stereocenters. The SMILES string of the molecule is CC(C)C[C@H](N)C(=O)N[C@@H](C(C)C)[C@H](O)c1c(-c2ccccc2)c1=O.Cl. The number of halogens is 1. The first kappa shape index (κ1) is 22.4. The molecule has 0 saturated carbocycles. The Morgan fingerprint density at radius 2 is 1.73 bits per heavy atom. The Morgan fingerprint density at radius 3 is 2.23 bits per heavy atom. The lowest BCUT2D eigenvalue weighted by Crippen LogP contribution is -2.49. The van der Waals surface area contributed by atoms with Crippen molar-refractivity contribution in [1.29, 1.82) is 0 Å². The van der Waals surface area contributed by atoms with Gasteiger partial charge in [-0.3, -0.25) is 9.59 Å². The van der Waals surface area contributed by atoms with Crippen LogP contribution in [0.5, 0.6) is 0 Å². The first-order chi connectivity index (χ1) is 11.7. The summed E-state index contributed by atoms with van der Waals surface area (Å²) >= 11 is 0. The van der Waals surface area contributed by atoms with Gasteiger partial charge in [0, 0.05) is 11.1 Å². The van der Waals surface area contributed by atoms with E-state index in [1.54, 1.807) is 0 Å². The van der Waals surface area contributed by atoms with Crippen LogP contribution >= 0.6 is 12.4 Å². The smallest absolute Gasteiger partial charge is 0.237 e. The van der Waals surface area contributed by atoms with Crippen molar-refractivity contribution < 1.29 is 9.90 Å². The summed E-state index contributed by atoms with van der Waals surface area (Å²) in [5, 5.41) is 13.5. The zero-order valence-corrected chi connectivity index (χ0v) is 16.5. The van der Waals surface area contributed by atoms with Crippen molar-refractivity contribution >= 4 is 18.3 Å². The van der Waals surface area contributed by atoms with Crippen LogP contribution in [0.15, 0.2) is 35.1 Å². The Balaban J connectivity index is 0.00000338. The fourth-order valence-corrected chi connectivity index (χ4v) is 3.03. The zero-order valence-electron chi connectivity index (χ0n) is 15.7. The minimum Gasteiger partial charge on any atom is -0.386 e. The number of amides is 1. The molecule has 0 unspecified atom stereocenters. The predicted octanol–water partition coefficient (Wildman–Crippen LogP) is 2.56. The Hall–Kier alpha value is -1.69. The van der Waals surface area contributed by atoms with Gasteiger partial charge in [-0.05, 0) is 23.8 Å². The molecule has 0 aliphatic rings. The van der Waals surface area contributed by atoms with Gasteiger partial charge in [-0.25, -0.2) is 0 Å². The van der Waals surface area contributed by atoms with Crippen LogP contribution in [0.2, 0.25) is 0 Å². The maximum absolute atomic E-state index is 12.3. The Kier molecular flexibility index (Phi) is 8.00. The molecule has 4 N–H and O–H groups in total. The van der Waals surface area contributed by atoms with Gasteiger partial charge in [0.25, 0.3) is 0 Å². The molecule has 2 aromatic rings. The summed E-state index contributed by atoms with van der Waals surface area (Å²) in [4.78, 5) is 24.5. The van der Waals surface area contributed by atoms with Crippen molar-refractivity contribution in [2.24, 2.45) is 17.6 Å². The first-order valence-corrected chi connectivity index (χ1v) is 8.82. The summed E-state index contributed by atoms with van der Waals surface area (Å²) in [5.74, 6) is -0.0230. The van der Waals surface area contributed by atoms with Crippen LogP contribution in [-0.2, 0) is 4.79 Å². The molecule has 0 aromatic heterocycles. The van der Waals surface area contributed by atoms with Gasteiger partial charge in [0.1, 0.15) is 6.10 Å². The van der Waals surface area contributed by atoms with Crippen molar-refractivity contribution in [3.8, 4) is 11.1 Å². The third kappa shape index (κ3) is 5.16. The highest BCUT2D eigenvalue weighted by Crippen LogP contribution is 2.33. The predicted molar refractivity (Wildman–Crippen MR) is 107 cm³/mol. The molecule has 5 nitrogen and oxygen atoms in total. The van der Waals surface area contributed by atoms with E-state index in [4.69, 9.17) is 5.73 Å². The summed E-state index contributed by atoms with van der Waals surface area (Å²) in [6.45, 7) is 7.80. The minimum atomic E-state index is -1.03. The number of aliphatic hydroxyl groups is 1. The van der Waals surface area contributed by atoms with Crippen molar-refractivity contribution in [3.05, 3.63) is 46.1 Å². The minimum absolute atomic E-state index is 0. The largest absolute Gasteiger partial charge is 0.386 e. The average Bonchev–Trinajstić information content (AvgIpc) is 3.22. The quantitative estimate of drug-likeness (QED) is 0.656. The Morgan fingerprint density at radius 1 is 1.15 bits per heavy atom. The lowest BCUT2D eigenvalue weighted by molar-refractivity contribution is -0.124. The zero-order chi connectivity index (χ0) is 18.7. The molecule has 2 rings (SSSR count). The number of carbonyl (C=O) groups excluding carboxylic acids is 1. The number of aliphatic hydroxyl groups excluding tert-OH is 1. The van der Waals surface area contributed by atoms with Crippen molar-refractivity contribution in [2.75, 3.05) is 0 Å². The second-order valence-corrected chi connectivity index (χ2v) is 7.44. The molecule has 0 bridgehead atoms. The first-order valence-electron chi connectivity index (χ1n) is 8.82. The van der Waals surface area contributed by atoms with Crippen molar-refractivity contribution in [1.82, 2.24) is 5.32 Å². The van der Waals surface area contributed by atoms with E-state index in [9.17, 15) is 14.7 Å². The number of nitrogens with two attached hydrogens (primary N) is 1. The van der Waals surface area contributed by atoms with E-state index in [2.05, 4.69) is 5.32 Å². The number of hydrogen-bond donors (Lipinski definition) is 3. The number of nitrogens with one attached hydrogen (secondary N) is 1. The standard InChI is InChI=1S/C20H28N2O3.ClH/c1-11(2)10-14(21)20(25)22-17(12(3)4)19(24)16-15(18(16)23)13-8-6-5-7-9-13;/h5-9,11-12,14,17,19,24H,10,21H2,1-4H3,(H,22,25);1H/t14-,17-,19+;/m0./s1. The van der Waals surface area contributed by atoms with Gasteiger partial charge < -0.3 is 16.2 Å². The summed E-state index contributed by atoms with van der Waals surface area (Å²) in [7, 11) is 0. The van der Waals surface area contributed by atoms with Crippen LogP contribution in [0.3, 0.4) is 0 Å². The van der Waals surface area contributed by atoms with E-state index < -0.39 is 18.2 Å². The highest BCUT2D eigenvalue weighted by Gasteiger charge is 2.37. The van der Waals surface area contributed by atoms with Gasteiger partial charge in [-0.15, -0.1) is 12.4 Å². The van der Waals surface area contributed by atoms with E-state index >= 15 is 0 Å². The van der Waals surface area contributed by atoms with E-state index in [1.807, 2.05) is 58.0 Å². The van der Waals surface area contributed by atoms with Gasteiger partial charge in [-0.1, -0.05) is 58.0 Å². The topological polar surface area (TPSA) is 92.4 Å². The molecule has 0 fully saturated rings. The molecular formula is C20H29ClN2O3. The Labute approximate surface area is 161 Å². The third-order valence-corrected chi connectivity index (χ3v) is 4.47. The molecule has 0 spiro atoms. The van der Waals surface area contributed by atoms with Crippen LogP contribution in [0.4, 0.5) is 0 Å². The maximum atomic E-state index is 12.3. The van der Waals surface area contributed by atoms with Crippen LogP contribution in [0.25, 0.3) is 11.1 Å². The van der Waals surface area contributed by atoms with Crippen LogP contribution in [0, 0.1) is 11.8 Å². The molecule has 0 aliphatic carbocycles. The normalized spacial score (nSPS) is 14.9. The average molecular weight is 381 g/mol. The summed E-state index contributed by atoms with van der Waals surface area (Å²) in [6, 6.07) is 8.09. The molecular weight excluding hydrogens is 352 g/mol. The van der Waals surface area contributed by atoms with Gasteiger partial charge in [0.05, 0.1) is 12.1 Å². The number of benzene rings is 1. The molecule has 144 valence electrons. The van der Waals surface area contributed by atoms with Crippen LogP contribution in [0.1, 0.15) is 45.8 Å². The second kappa shape index (κ2) is 9.31. The molecule has 0 heterocycles. The van der Waals surface area contributed by atoms with E-state index in [-0.39, 0.29) is 29.7 Å². The third-order valence-electron chi connectivity index (χ3n) is 4.47. The molecule has 2 aromatic carbocycles. The van der Waals surface area contributed by atoms with E-state index in [1.165, 1.54) is 0 Å². The fourth-order valence-electron chi connectivity index (χ4n) is 3.03. The molecule has 0 radical (unpaired) electrons. The number of rotatable bonds is 8. The monoisotopic (exact) mass is 380 g/mol. The lowest BCUT2D eigenvalue weighted by Gasteiger charge is -2.27. The summed E-state index contributed by atoms with van der Waals surface area (Å²) in [5.41, 5.74) is 7.54. The van der Waals surface area contributed by atoms with E-state index in [0.29, 0.717) is 23.5 Å². The molecule has 26 heavy (non-hydrogen) atoms. The summed E-state index contributed by atoms with van der Waals surface area (Å²) in [6.07, 6.45) is -0.457.